The van der Waals surface area contributed by atoms with Gasteiger partial charge in [0, 0.05) is 23.2 Å². The van der Waals surface area contributed by atoms with Gasteiger partial charge < -0.3 is 10.5 Å². The highest BCUT2D eigenvalue weighted by atomic mass is 32.1. The standard InChI is InChI=1S/C7H10N2O2S/c1-11-7(10)2-6(8)5-3-9-12-4-5/h3-4,6H,2,8H2,1H3/t6-/m1/s1. The van der Waals surface area contributed by atoms with Crippen molar-refractivity contribution in [2.24, 2.45) is 5.73 Å². The third-order valence-electron chi connectivity index (χ3n) is 1.49. The molecule has 0 aliphatic rings. The van der Waals surface area contributed by atoms with Gasteiger partial charge in [0.05, 0.1) is 13.5 Å². The maximum Gasteiger partial charge on any atom is 0.307 e. The Morgan fingerprint density at radius 3 is 3.17 bits per heavy atom. The summed E-state index contributed by atoms with van der Waals surface area (Å²) in [5.41, 5.74) is 6.56. The van der Waals surface area contributed by atoms with Gasteiger partial charge in [0.1, 0.15) is 0 Å². The average Bonchev–Trinajstić information content (AvgIpc) is 2.56. The van der Waals surface area contributed by atoms with Gasteiger partial charge >= 0.3 is 5.97 Å². The van der Waals surface area contributed by atoms with Crippen LogP contribution in [0, 0.1) is 0 Å². The molecular weight excluding hydrogens is 176 g/mol. The van der Waals surface area contributed by atoms with Crippen LogP contribution >= 0.6 is 11.5 Å². The minimum absolute atomic E-state index is 0.203. The normalized spacial score (nSPS) is 12.5. The molecule has 1 rings (SSSR count). The minimum atomic E-state index is -0.297. The average molecular weight is 186 g/mol. The SMILES string of the molecule is COC(=O)C[C@@H](N)c1cnsc1. The van der Waals surface area contributed by atoms with Gasteiger partial charge in [0.15, 0.2) is 0 Å². The summed E-state index contributed by atoms with van der Waals surface area (Å²) >= 11 is 1.32. The van der Waals surface area contributed by atoms with Crippen LogP contribution in [-0.4, -0.2) is 17.5 Å². The van der Waals surface area contributed by atoms with E-state index in [1.165, 1.54) is 18.6 Å². The zero-order chi connectivity index (χ0) is 8.97. The van der Waals surface area contributed by atoms with Crippen LogP contribution in [-0.2, 0) is 9.53 Å². The van der Waals surface area contributed by atoms with E-state index < -0.39 is 0 Å². The summed E-state index contributed by atoms with van der Waals surface area (Å²) in [5, 5.41) is 1.83. The molecule has 1 aromatic rings. The van der Waals surface area contributed by atoms with Crippen molar-refractivity contribution in [1.29, 1.82) is 0 Å². The highest BCUT2D eigenvalue weighted by molar-refractivity contribution is 7.03. The van der Waals surface area contributed by atoms with E-state index in [2.05, 4.69) is 9.11 Å². The fourth-order valence-corrected chi connectivity index (χ4v) is 1.38. The van der Waals surface area contributed by atoms with Gasteiger partial charge in [-0.05, 0) is 11.5 Å². The van der Waals surface area contributed by atoms with Crippen molar-refractivity contribution in [2.75, 3.05) is 7.11 Å². The second kappa shape index (κ2) is 4.18. The first-order valence-electron chi connectivity index (χ1n) is 3.45. The lowest BCUT2D eigenvalue weighted by molar-refractivity contribution is -0.141. The molecule has 66 valence electrons. The molecule has 0 unspecified atom stereocenters. The number of carbonyl (C=O) groups is 1. The summed E-state index contributed by atoms with van der Waals surface area (Å²) in [6.45, 7) is 0. The molecule has 1 heterocycles. The molecule has 0 amide bonds. The molecule has 0 saturated carbocycles. The molecule has 5 heteroatoms. The van der Waals surface area contributed by atoms with Crippen molar-refractivity contribution in [3.8, 4) is 0 Å². The van der Waals surface area contributed by atoms with Crippen LogP contribution in [0.5, 0.6) is 0 Å². The Kier molecular flexibility index (Phi) is 3.19. The van der Waals surface area contributed by atoms with Crippen LogP contribution in [0.4, 0.5) is 0 Å². The van der Waals surface area contributed by atoms with Crippen LogP contribution < -0.4 is 5.73 Å². The Bertz CT molecular complexity index is 248. The quantitative estimate of drug-likeness (QED) is 0.706. The summed E-state index contributed by atoms with van der Waals surface area (Å²) < 4.78 is 8.37. The van der Waals surface area contributed by atoms with Crippen molar-refractivity contribution in [1.82, 2.24) is 4.37 Å². The number of esters is 1. The van der Waals surface area contributed by atoms with Crippen LogP contribution in [0.15, 0.2) is 11.6 Å². The van der Waals surface area contributed by atoms with Gasteiger partial charge in [-0.25, -0.2) is 4.37 Å². The molecule has 12 heavy (non-hydrogen) atoms. The van der Waals surface area contributed by atoms with E-state index in [0.717, 1.165) is 5.56 Å². The van der Waals surface area contributed by atoms with Crippen molar-refractivity contribution >= 4 is 17.5 Å². The van der Waals surface area contributed by atoms with Gasteiger partial charge in [-0.3, -0.25) is 4.79 Å². The predicted molar refractivity (Wildman–Crippen MR) is 45.7 cm³/mol. The fraction of sp³-hybridized carbons (Fsp3) is 0.429. The maximum atomic E-state index is 10.8. The van der Waals surface area contributed by atoms with Crippen LogP contribution in [0.25, 0.3) is 0 Å². The topological polar surface area (TPSA) is 65.2 Å². The van der Waals surface area contributed by atoms with Crippen LogP contribution in [0.2, 0.25) is 0 Å². The number of hydrogen-bond donors (Lipinski definition) is 1. The first-order chi connectivity index (χ1) is 5.74. The Labute approximate surface area is 74.5 Å². The molecule has 1 aromatic heterocycles. The van der Waals surface area contributed by atoms with E-state index in [1.807, 2.05) is 5.38 Å². The van der Waals surface area contributed by atoms with Crippen LogP contribution in [0.3, 0.4) is 0 Å². The summed E-state index contributed by atoms with van der Waals surface area (Å²) in [4.78, 5) is 10.8. The summed E-state index contributed by atoms with van der Waals surface area (Å²) in [6, 6.07) is -0.295. The Morgan fingerprint density at radius 2 is 2.67 bits per heavy atom. The molecular formula is C7H10N2O2S. The molecule has 0 aliphatic carbocycles. The van der Waals surface area contributed by atoms with E-state index in [9.17, 15) is 4.79 Å². The van der Waals surface area contributed by atoms with Gasteiger partial charge in [0.2, 0.25) is 0 Å². The zero-order valence-electron chi connectivity index (χ0n) is 6.69. The second-order valence-electron chi connectivity index (χ2n) is 2.34. The lowest BCUT2D eigenvalue weighted by Crippen LogP contribution is -2.15. The number of rotatable bonds is 3. The Hall–Kier alpha value is -0.940. The third kappa shape index (κ3) is 2.28. The Morgan fingerprint density at radius 1 is 1.92 bits per heavy atom. The number of carbonyl (C=O) groups excluding carboxylic acids is 1. The summed E-state index contributed by atoms with van der Waals surface area (Å²) in [6.07, 6.45) is 1.87. The molecule has 0 bridgehead atoms. The summed E-state index contributed by atoms with van der Waals surface area (Å²) in [7, 11) is 1.35. The van der Waals surface area contributed by atoms with Crippen molar-refractivity contribution in [3.63, 3.8) is 0 Å². The van der Waals surface area contributed by atoms with E-state index >= 15 is 0 Å². The lowest BCUT2D eigenvalue weighted by atomic mass is 10.1. The number of hydrogen-bond acceptors (Lipinski definition) is 5. The largest absolute Gasteiger partial charge is 0.469 e. The summed E-state index contributed by atoms with van der Waals surface area (Å²) in [5.74, 6) is -0.297. The van der Waals surface area contributed by atoms with Crippen molar-refractivity contribution in [3.05, 3.63) is 17.1 Å². The van der Waals surface area contributed by atoms with Gasteiger partial charge in [-0.2, -0.15) is 0 Å². The van der Waals surface area contributed by atoms with Gasteiger partial charge in [-0.1, -0.05) is 0 Å². The molecule has 1 atom stereocenters. The molecule has 0 spiro atoms. The number of aromatic nitrogens is 1. The fourth-order valence-electron chi connectivity index (χ4n) is 0.777. The molecule has 0 aromatic carbocycles. The van der Waals surface area contributed by atoms with E-state index in [4.69, 9.17) is 5.73 Å². The number of methoxy groups -OCH3 is 1. The molecule has 2 N–H and O–H groups in total. The monoisotopic (exact) mass is 186 g/mol. The van der Waals surface area contributed by atoms with E-state index in [-0.39, 0.29) is 18.4 Å². The zero-order valence-corrected chi connectivity index (χ0v) is 7.50. The first-order valence-corrected chi connectivity index (χ1v) is 4.29. The minimum Gasteiger partial charge on any atom is -0.469 e. The van der Waals surface area contributed by atoms with Gasteiger partial charge in [-0.15, -0.1) is 0 Å². The lowest BCUT2D eigenvalue weighted by Gasteiger charge is -2.06. The van der Waals surface area contributed by atoms with Crippen LogP contribution in [0.1, 0.15) is 18.0 Å². The van der Waals surface area contributed by atoms with Gasteiger partial charge in [0.25, 0.3) is 0 Å². The third-order valence-corrected chi connectivity index (χ3v) is 2.10. The molecule has 0 aliphatic heterocycles. The van der Waals surface area contributed by atoms with Crippen molar-refractivity contribution < 1.29 is 9.53 Å². The number of nitrogens with zero attached hydrogens (tertiary/aromatic N) is 1. The maximum absolute atomic E-state index is 10.8. The number of nitrogens with two attached hydrogens (primary N) is 1. The highest BCUT2D eigenvalue weighted by Gasteiger charge is 2.12. The van der Waals surface area contributed by atoms with E-state index in [0.29, 0.717) is 0 Å². The molecule has 0 fully saturated rings. The smallest absolute Gasteiger partial charge is 0.307 e. The first kappa shape index (κ1) is 9.15. The molecule has 0 radical (unpaired) electrons. The molecule has 0 saturated heterocycles. The Balaban J connectivity index is 2.49. The van der Waals surface area contributed by atoms with Crippen molar-refractivity contribution in [2.45, 2.75) is 12.5 Å². The molecule has 4 nitrogen and oxygen atoms in total. The predicted octanol–water partition coefficient (Wildman–Crippen LogP) is 0.706. The number of ether oxygens (including phenoxy) is 1. The van der Waals surface area contributed by atoms with E-state index in [1.54, 1.807) is 6.20 Å². The second-order valence-corrected chi connectivity index (χ2v) is 3.00. The highest BCUT2D eigenvalue weighted by Crippen LogP contribution is 2.14.